The second-order valence-electron chi connectivity index (χ2n) is 4.95. The van der Waals surface area contributed by atoms with E-state index in [4.69, 9.17) is 0 Å². The van der Waals surface area contributed by atoms with Crippen LogP contribution in [-0.4, -0.2) is 43.5 Å². The third-order valence-electron chi connectivity index (χ3n) is 3.43. The van der Waals surface area contributed by atoms with E-state index in [2.05, 4.69) is 38.1 Å². The van der Waals surface area contributed by atoms with E-state index in [1.165, 1.54) is 0 Å². The van der Waals surface area contributed by atoms with Crippen LogP contribution in [0.5, 0.6) is 0 Å². The third-order valence-corrected chi connectivity index (χ3v) is 4.10. The van der Waals surface area contributed by atoms with Gasteiger partial charge < -0.3 is 10.6 Å². The van der Waals surface area contributed by atoms with Gasteiger partial charge >= 0.3 is 0 Å². The zero-order chi connectivity index (χ0) is 13.7. The molecule has 0 saturated carbocycles. The number of carbonyl (C=O) groups excluding carboxylic acids is 1. The van der Waals surface area contributed by atoms with Crippen LogP contribution < -0.4 is 10.6 Å². The lowest BCUT2D eigenvalue weighted by atomic mass is 10.1. The van der Waals surface area contributed by atoms with Crippen LogP contribution in [0, 0.1) is 3.57 Å². The molecule has 6 heteroatoms. The molecule has 1 saturated heterocycles. The number of amides is 1. The first-order chi connectivity index (χ1) is 9.15. The van der Waals surface area contributed by atoms with Gasteiger partial charge in [-0.1, -0.05) is 6.07 Å². The van der Waals surface area contributed by atoms with Crippen LogP contribution >= 0.6 is 35.0 Å². The molecule has 20 heavy (non-hydrogen) atoms. The summed E-state index contributed by atoms with van der Waals surface area (Å²) in [5.74, 6) is 0.0584. The van der Waals surface area contributed by atoms with Gasteiger partial charge in [-0.2, -0.15) is 0 Å². The summed E-state index contributed by atoms with van der Waals surface area (Å²) < 4.78 is 1.13. The molecule has 1 fully saturated rings. The van der Waals surface area contributed by atoms with Crippen LogP contribution in [0.2, 0.25) is 0 Å². The standard InChI is InChI=1S/C14H20IN3O.ClH/c1-18(13-5-7-16-8-6-13)10-14(19)17-12-4-2-3-11(15)9-12;/h2-4,9,13,16H,5-8,10H2,1H3,(H,17,19);1H. The Balaban J connectivity index is 0.00000200. The SMILES string of the molecule is CN(CC(=O)Nc1cccc(I)c1)C1CCNCC1.Cl. The van der Waals surface area contributed by atoms with Gasteiger partial charge in [0.1, 0.15) is 0 Å². The Hall–Kier alpha value is -0.370. The zero-order valence-electron chi connectivity index (χ0n) is 11.6. The van der Waals surface area contributed by atoms with Gasteiger partial charge in [-0.15, -0.1) is 12.4 Å². The molecule has 2 N–H and O–H groups in total. The summed E-state index contributed by atoms with van der Waals surface area (Å²) in [5.41, 5.74) is 0.871. The second kappa shape index (κ2) is 8.81. The van der Waals surface area contributed by atoms with Gasteiger partial charge in [-0.3, -0.25) is 9.69 Å². The average molecular weight is 410 g/mol. The highest BCUT2D eigenvalue weighted by Gasteiger charge is 2.19. The molecule has 0 unspecified atom stereocenters. The van der Waals surface area contributed by atoms with Crippen molar-refractivity contribution in [3.8, 4) is 0 Å². The number of hydrogen-bond acceptors (Lipinski definition) is 3. The molecule has 112 valence electrons. The van der Waals surface area contributed by atoms with E-state index >= 15 is 0 Å². The smallest absolute Gasteiger partial charge is 0.238 e. The summed E-state index contributed by atoms with van der Waals surface area (Å²) in [6.07, 6.45) is 2.24. The van der Waals surface area contributed by atoms with E-state index in [9.17, 15) is 4.79 Å². The predicted octanol–water partition coefficient (Wildman–Crippen LogP) is 2.34. The van der Waals surface area contributed by atoms with Gasteiger partial charge in [0.25, 0.3) is 0 Å². The molecule has 1 aromatic rings. The average Bonchev–Trinajstić information content (AvgIpc) is 2.39. The van der Waals surface area contributed by atoms with Gasteiger partial charge in [0.05, 0.1) is 6.54 Å². The second-order valence-corrected chi connectivity index (χ2v) is 6.20. The molecular weight excluding hydrogens is 389 g/mol. The molecule has 1 amide bonds. The van der Waals surface area contributed by atoms with Crippen molar-refractivity contribution in [1.82, 2.24) is 10.2 Å². The number of carbonyl (C=O) groups is 1. The number of rotatable bonds is 4. The highest BCUT2D eigenvalue weighted by molar-refractivity contribution is 14.1. The number of nitrogens with one attached hydrogen (secondary N) is 2. The van der Waals surface area contributed by atoms with E-state index in [1.807, 2.05) is 31.3 Å². The van der Waals surface area contributed by atoms with E-state index in [1.54, 1.807) is 0 Å². The van der Waals surface area contributed by atoms with E-state index in [0.717, 1.165) is 35.2 Å². The number of nitrogens with zero attached hydrogens (tertiary/aromatic N) is 1. The van der Waals surface area contributed by atoms with Gasteiger partial charge in [0, 0.05) is 15.3 Å². The van der Waals surface area contributed by atoms with Crippen LogP contribution in [0.15, 0.2) is 24.3 Å². The predicted molar refractivity (Wildman–Crippen MR) is 93.6 cm³/mol. The maximum Gasteiger partial charge on any atom is 0.238 e. The molecule has 1 aromatic carbocycles. The van der Waals surface area contributed by atoms with Crippen LogP contribution in [0.25, 0.3) is 0 Å². The molecule has 0 aromatic heterocycles. The Bertz CT molecular complexity index is 438. The number of hydrogen-bond donors (Lipinski definition) is 2. The summed E-state index contributed by atoms with van der Waals surface area (Å²) in [7, 11) is 2.03. The molecule has 0 aliphatic carbocycles. The molecule has 1 aliphatic heterocycles. The van der Waals surface area contributed by atoms with Gasteiger partial charge in [-0.05, 0) is 73.8 Å². The maximum atomic E-state index is 12.0. The summed E-state index contributed by atoms with van der Waals surface area (Å²) >= 11 is 2.24. The van der Waals surface area contributed by atoms with Crippen LogP contribution in [0.1, 0.15) is 12.8 Å². The Morgan fingerprint density at radius 3 is 2.80 bits per heavy atom. The van der Waals surface area contributed by atoms with Crippen molar-refractivity contribution < 1.29 is 4.79 Å². The van der Waals surface area contributed by atoms with Crippen molar-refractivity contribution in [2.24, 2.45) is 0 Å². The van der Waals surface area contributed by atoms with Gasteiger partial charge in [-0.25, -0.2) is 0 Å². The summed E-state index contributed by atoms with van der Waals surface area (Å²) in [6, 6.07) is 8.38. The number of piperidine rings is 1. The minimum atomic E-state index is 0. The maximum absolute atomic E-state index is 12.0. The number of halogens is 2. The third kappa shape index (κ3) is 5.55. The van der Waals surface area contributed by atoms with Crippen molar-refractivity contribution in [1.29, 1.82) is 0 Å². The fourth-order valence-electron chi connectivity index (χ4n) is 2.37. The summed E-state index contributed by atoms with van der Waals surface area (Å²) in [5, 5.41) is 6.29. The molecule has 4 nitrogen and oxygen atoms in total. The molecule has 1 aliphatic rings. The van der Waals surface area contributed by atoms with Crippen molar-refractivity contribution in [3.63, 3.8) is 0 Å². The van der Waals surface area contributed by atoms with Gasteiger partial charge in [0.2, 0.25) is 5.91 Å². The van der Waals surface area contributed by atoms with E-state index in [-0.39, 0.29) is 18.3 Å². The molecular formula is C14H21ClIN3O. The lowest BCUT2D eigenvalue weighted by molar-refractivity contribution is -0.117. The topological polar surface area (TPSA) is 44.4 Å². The quantitative estimate of drug-likeness (QED) is 0.750. The van der Waals surface area contributed by atoms with E-state index in [0.29, 0.717) is 12.6 Å². The lowest BCUT2D eigenvalue weighted by Crippen LogP contribution is -2.44. The summed E-state index contributed by atoms with van der Waals surface area (Å²) in [4.78, 5) is 14.2. The zero-order valence-corrected chi connectivity index (χ0v) is 14.5. The minimum Gasteiger partial charge on any atom is -0.325 e. The van der Waals surface area contributed by atoms with Crippen molar-refractivity contribution in [3.05, 3.63) is 27.8 Å². The summed E-state index contributed by atoms with van der Waals surface area (Å²) in [6.45, 7) is 2.55. The monoisotopic (exact) mass is 409 g/mol. The molecule has 0 atom stereocenters. The first-order valence-electron chi connectivity index (χ1n) is 6.61. The Morgan fingerprint density at radius 1 is 1.45 bits per heavy atom. The highest BCUT2D eigenvalue weighted by atomic mass is 127. The van der Waals surface area contributed by atoms with Gasteiger partial charge in [0.15, 0.2) is 0 Å². The Morgan fingerprint density at radius 2 is 2.15 bits per heavy atom. The minimum absolute atomic E-state index is 0. The fourth-order valence-corrected chi connectivity index (χ4v) is 2.91. The first kappa shape index (κ1) is 17.7. The first-order valence-corrected chi connectivity index (χ1v) is 7.69. The lowest BCUT2D eigenvalue weighted by Gasteiger charge is -2.31. The largest absolute Gasteiger partial charge is 0.325 e. The molecule has 0 radical (unpaired) electrons. The number of likely N-dealkylation sites (N-methyl/N-ethyl adjacent to an activating group) is 1. The molecule has 0 bridgehead atoms. The number of anilines is 1. The van der Waals surface area contributed by atoms with Crippen LogP contribution in [0.3, 0.4) is 0 Å². The van der Waals surface area contributed by atoms with Crippen molar-refractivity contribution in [2.75, 3.05) is 32.0 Å². The van der Waals surface area contributed by atoms with Crippen LogP contribution in [-0.2, 0) is 4.79 Å². The van der Waals surface area contributed by atoms with Crippen molar-refractivity contribution >= 4 is 46.6 Å². The fraction of sp³-hybridized carbons (Fsp3) is 0.500. The number of benzene rings is 1. The highest BCUT2D eigenvalue weighted by Crippen LogP contribution is 2.13. The van der Waals surface area contributed by atoms with Crippen LogP contribution in [0.4, 0.5) is 5.69 Å². The van der Waals surface area contributed by atoms with E-state index < -0.39 is 0 Å². The normalized spacial score (nSPS) is 15.8. The Kier molecular flexibility index (Phi) is 7.79. The van der Waals surface area contributed by atoms with Crippen molar-refractivity contribution in [2.45, 2.75) is 18.9 Å². The molecule has 1 heterocycles. The molecule has 0 spiro atoms. The Labute approximate surface area is 140 Å². The molecule has 2 rings (SSSR count).